The number of carbonyl (C=O) groups is 1. The van der Waals surface area contributed by atoms with Crippen LogP contribution in [0.25, 0.3) is 10.8 Å². The lowest BCUT2D eigenvalue weighted by Crippen LogP contribution is -2.39. The third kappa shape index (κ3) is 3.79. The standard InChI is InChI=1S/C25H27NO5/c1-29-21-13-12-19(23(30-2)24(21)31-3)22(26-14-6-9-20(26)25(27)28)18-11-10-16-7-4-5-8-17(16)15-18/h4-5,7-8,10-13,15,20,22H,6,9,14H2,1-3H3,(H,27,28). The minimum Gasteiger partial charge on any atom is -0.493 e. The summed E-state index contributed by atoms with van der Waals surface area (Å²) in [4.78, 5) is 14.1. The number of rotatable bonds is 7. The summed E-state index contributed by atoms with van der Waals surface area (Å²) in [5, 5.41) is 12.1. The smallest absolute Gasteiger partial charge is 0.320 e. The Balaban J connectivity index is 1.93. The van der Waals surface area contributed by atoms with Crippen LogP contribution in [0.2, 0.25) is 0 Å². The zero-order chi connectivity index (χ0) is 22.0. The van der Waals surface area contributed by atoms with Crippen molar-refractivity contribution in [3.8, 4) is 17.2 Å². The fourth-order valence-corrected chi connectivity index (χ4v) is 4.63. The van der Waals surface area contributed by atoms with Gasteiger partial charge in [-0.25, -0.2) is 0 Å². The zero-order valence-electron chi connectivity index (χ0n) is 18.0. The number of hydrogen-bond donors (Lipinski definition) is 1. The number of benzene rings is 3. The van der Waals surface area contributed by atoms with E-state index in [0.29, 0.717) is 30.2 Å². The first kappa shape index (κ1) is 21.0. The van der Waals surface area contributed by atoms with Gasteiger partial charge in [-0.2, -0.15) is 0 Å². The lowest BCUT2D eigenvalue weighted by molar-refractivity contribution is -0.142. The Bertz CT molecular complexity index is 1100. The molecule has 3 aromatic carbocycles. The third-order valence-corrected chi connectivity index (χ3v) is 6.03. The van der Waals surface area contributed by atoms with Crippen molar-refractivity contribution < 1.29 is 24.1 Å². The number of nitrogens with zero attached hydrogens (tertiary/aromatic N) is 1. The highest BCUT2D eigenvalue weighted by Crippen LogP contribution is 2.46. The number of hydrogen-bond acceptors (Lipinski definition) is 5. The average Bonchev–Trinajstić information content (AvgIpc) is 3.28. The maximum atomic E-state index is 12.1. The van der Waals surface area contributed by atoms with E-state index in [1.807, 2.05) is 24.3 Å². The number of likely N-dealkylation sites (tertiary alicyclic amines) is 1. The summed E-state index contributed by atoms with van der Waals surface area (Å²) < 4.78 is 16.8. The van der Waals surface area contributed by atoms with E-state index in [-0.39, 0.29) is 6.04 Å². The maximum absolute atomic E-state index is 12.1. The van der Waals surface area contributed by atoms with Crippen LogP contribution in [0, 0.1) is 0 Å². The second-order valence-corrected chi connectivity index (χ2v) is 7.67. The van der Waals surface area contributed by atoms with Crippen LogP contribution < -0.4 is 14.2 Å². The summed E-state index contributed by atoms with van der Waals surface area (Å²) in [7, 11) is 4.75. The van der Waals surface area contributed by atoms with Gasteiger partial charge in [-0.15, -0.1) is 0 Å². The van der Waals surface area contributed by atoms with E-state index >= 15 is 0 Å². The van der Waals surface area contributed by atoms with Gasteiger partial charge in [0, 0.05) is 12.1 Å². The normalized spacial score (nSPS) is 17.5. The first-order valence-electron chi connectivity index (χ1n) is 10.3. The minimum atomic E-state index is -0.803. The van der Waals surface area contributed by atoms with Crippen LogP contribution in [0.15, 0.2) is 54.6 Å². The summed E-state index contributed by atoms with van der Waals surface area (Å²) in [6.45, 7) is 0.686. The van der Waals surface area contributed by atoms with E-state index in [1.54, 1.807) is 21.3 Å². The molecule has 1 fully saturated rings. The van der Waals surface area contributed by atoms with E-state index in [4.69, 9.17) is 14.2 Å². The van der Waals surface area contributed by atoms with Gasteiger partial charge in [0.15, 0.2) is 11.5 Å². The van der Waals surface area contributed by atoms with Gasteiger partial charge in [0.1, 0.15) is 6.04 Å². The second-order valence-electron chi connectivity index (χ2n) is 7.67. The van der Waals surface area contributed by atoms with Gasteiger partial charge in [-0.3, -0.25) is 9.69 Å². The van der Waals surface area contributed by atoms with Crippen LogP contribution in [-0.4, -0.2) is 49.9 Å². The molecule has 2 atom stereocenters. The number of carboxylic acid groups (broad SMARTS) is 1. The fourth-order valence-electron chi connectivity index (χ4n) is 4.63. The summed E-state index contributed by atoms with van der Waals surface area (Å²) in [5.74, 6) is 0.815. The SMILES string of the molecule is COc1ccc(C(c2ccc3ccccc3c2)N2CCCC2C(=O)O)c(OC)c1OC. The van der Waals surface area contributed by atoms with E-state index in [0.717, 1.165) is 28.3 Å². The molecule has 0 radical (unpaired) electrons. The molecule has 31 heavy (non-hydrogen) atoms. The highest BCUT2D eigenvalue weighted by atomic mass is 16.5. The molecule has 1 saturated heterocycles. The Morgan fingerprint density at radius 1 is 0.968 bits per heavy atom. The van der Waals surface area contributed by atoms with E-state index in [9.17, 15) is 9.90 Å². The Morgan fingerprint density at radius 2 is 1.71 bits per heavy atom. The Kier molecular flexibility index (Phi) is 6.00. The summed E-state index contributed by atoms with van der Waals surface area (Å²) in [5.41, 5.74) is 1.86. The van der Waals surface area contributed by atoms with Crippen molar-refractivity contribution in [2.45, 2.75) is 24.9 Å². The van der Waals surface area contributed by atoms with Crippen molar-refractivity contribution in [2.75, 3.05) is 27.9 Å². The number of fused-ring (bicyclic) bond motifs is 1. The summed E-state index contributed by atoms with van der Waals surface area (Å²) in [6, 6.07) is 17.4. The molecule has 0 aromatic heterocycles. The minimum absolute atomic E-state index is 0.303. The topological polar surface area (TPSA) is 68.2 Å². The molecule has 0 aliphatic carbocycles. The van der Waals surface area contributed by atoms with Gasteiger partial charge in [0.05, 0.1) is 27.4 Å². The Morgan fingerprint density at radius 3 is 2.39 bits per heavy atom. The molecule has 3 aromatic rings. The van der Waals surface area contributed by atoms with Crippen LogP contribution in [0.5, 0.6) is 17.2 Å². The molecule has 0 bridgehead atoms. The van der Waals surface area contributed by atoms with E-state index in [1.165, 1.54) is 0 Å². The van der Waals surface area contributed by atoms with Crippen molar-refractivity contribution in [2.24, 2.45) is 0 Å². The summed E-state index contributed by atoms with van der Waals surface area (Å²) in [6.07, 6.45) is 1.45. The second kappa shape index (κ2) is 8.86. The van der Waals surface area contributed by atoms with Gasteiger partial charge in [0.25, 0.3) is 0 Å². The van der Waals surface area contributed by atoms with Gasteiger partial charge in [-0.05, 0) is 47.4 Å². The quantitative estimate of drug-likeness (QED) is 0.606. The largest absolute Gasteiger partial charge is 0.493 e. The van der Waals surface area contributed by atoms with Crippen LogP contribution in [-0.2, 0) is 4.79 Å². The molecule has 0 saturated carbocycles. The molecule has 1 aliphatic rings. The Labute approximate surface area is 182 Å². The van der Waals surface area contributed by atoms with Crippen molar-refractivity contribution in [1.82, 2.24) is 4.90 Å². The molecule has 4 rings (SSSR count). The maximum Gasteiger partial charge on any atom is 0.320 e. The van der Waals surface area contributed by atoms with Crippen LogP contribution in [0.3, 0.4) is 0 Å². The molecule has 162 valence electrons. The van der Waals surface area contributed by atoms with Gasteiger partial charge >= 0.3 is 5.97 Å². The van der Waals surface area contributed by atoms with E-state index in [2.05, 4.69) is 35.2 Å². The molecule has 1 N–H and O–H groups in total. The predicted molar refractivity (Wildman–Crippen MR) is 119 cm³/mol. The number of aliphatic carboxylic acids is 1. The number of methoxy groups -OCH3 is 3. The highest BCUT2D eigenvalue weighted by molar-refractivity contribution is 5.83. The molecule has 1 heterocycles. The average molecular weight is 421 g/mol. The molecule has 1 aliphatic heterocycles. The van der Waals surface area contributed by atoms with Crippen molar-refractivity contribution >= 4 is 16.7 Å². The lowest BCUT2D eigenvalue weighted by atomic mass is 9.93. The van der Waals surface area contributed by atoms with Crippen molar-refractivity contribution in [3.05, 3.63) is 65.7 Å². The van der Waals surface area contributed by atoms with Gasteiger partial charge in [0.2, 0.25) is 5.75 Å². The summed E-state index contributed by atoms with van der Waals surface area (Å²) >= 11 is 0. The first-order chi connectivity index (χ1) is 15.1. The molecule has 0 spiro atoms. The third-order valence-electron chi connectivity index (χ3n) is 6.03. The molecule has 2 unspecified atom stereocenters. The molecule has 0 amide bonds. The zero-order valence-corrected chi connectivity index (χ0v) is 18.0. The predicted octanol–water partition coefficient (Wildman–Crippen LogP) is 4.50. The van der Waals surface area contributed by atoms with Crippen LogP contribution >= 0.6 is 0 Å². The van der Waals surface area contributed by atoms with Crippen LogP contribution in [0.1, 0.15) is 30.0 Å². The lowest BCUT2D eigenvalue weighted by Gasteiger charge is -2.33. The molecular weight excluding hydrogens is 394 g/mol. The van der Waals surface area contributed by atoms with Gasteiger partial charge < -0.3 is 19.3 Å². The molecule has 6 nitrogen and oxygen atoms in total. The monoisotopic (exact) mass is 421 g/mol. The first-order valence-corrected chi connectivity index (χ1v) is 10.3. The van der Waals surface area contributed by atoms with Crippen molar-refractivity contribution in [1.29, 1.82) is 0 Å². The molecule has 6 heteroatoms. The molecular formula is C25H27NO5. The van der Waals surface area contributed by atoms with E-state index < -0.39 is 12.0 Å². The van der Waals surface area contributed by atoms with Crippen LogP contribution in [0.4, 0.5) is 0 Å². The van der Waals surface area contributed by atoms with Crippen molar-refractivity contribution in [3.63, 3.8) is 0 Å². The Hall–Kier alpha value is -3.25. The fraction of sp³-hybridized carbons (Fsp3) is 0.320. The number of ether oxygens (including phenoxy) is 3. The van der Waals surface area contributed by atoms with Gasteiger partial charge in [-0.1, -0.05) is 36.4 Å². The number of carboxylic acids is 1. The highest BCUT2D eigenvalue weighted by Gasteiger charge is 2.38.